The van der Waals surface area contributed by atoms with Gasteiger partial charge in [0.1, 0.15) is 11.4 Å². The average Bonchev–Trinajstić information content (AvgIpc) is 2.80. The Morgan fingerprint density at radius 2 is 1.92 bits per heavy atom. The maximum Gasteiger partial charge on any atom is 0.416 e. The lowest BCUT2D eigenvalue weighted by Crippen LogP contribution is -2.35. The number of rotatable bonds is 3. The lowest BCUT2D eigenvalue weighted by atomic mass is 10.1. The van der Waals surface area contributed by atoms with Crippen LogP contribution in [0.4, 0.5) is 13.2 Å². The number of nitrogens with zero attached hydrogens (tertiary/aromatic N) is 2. The predicted octanol–water partition coefficient (Wildman–Crippen LogP) is 3.89. The fourth-order valence-corrected chi connectivity index (χ4v) is 2.29. The third kappa shape index (κ3) is 5.71. The van der Waals surface area contributed by atoms with Crippen LogP contribution in [0.15, 0.2) is 23.2 Å². The van der Waals surface area contributed by atoms with E-state index in [1.54, 1.807) is 26.8 Å². The van der Waals surface area contributed by atoms with Gasteiger partial charge in [0.2, 0.25) is 0 Å². The largest absolute Gasteiger partial charge is 0.488 e. The summed E-state index contributed by atoms with van der Waals surface area (Å²) in [6.45, 7) is 6.88. The summed E-state index contributed by atoms with van der Waals surface area (Å²) in [5.74, 6) is 0.831. The van der Waals surface area contributed by atoms with E-state index in [2.05, 4.69) is 10.3 Å². The second-order valence-corrected chi connectivity index (χ2v) is 6.51. The van der Waals surface area contributed by atoms with E-state index in [0.29, 0.717) is 12.5 Å². The van der Waals surface area contributed by atoms with Crippen LogP contribution in [0.1, 0.15) is 31.9 Å². The van der Waals surface area contributed by atoms with Crippen LogP contribution in [0.3, 0.4) is 0 Å². The van der Waals surface area contributed by atoms with Crippen molar-refractivity contribution in [1.82, 2.24) is 10.2 Å². The van der Waals surface area contributed by atoms with Gasteiger partial charge in [0.15, 0.2) is 5.96 Å². The van der Waals surface area contributed by atoms with Gasteiger partial charge in [-0.2, -0.15) is 13.2 Å². The lowest BCUT2D eigenvalue weighted by Gasteiger charge is -2.23. The summed E-state index contributed by atoms with van der Waals surface area (Å²) in [6.07, 6.45) is -4.43. The molecule has 136 valence electrons. The number of hydrogen-bond donors (Lipinski definition) is 1. The Morgan fingerprint density at radius 1 is 1.25 bits per heavy atom. The van der Waals surface area contributed by atoms with Crippen molar-refractivity contribution in [3.8, 4) is 5.75 Å². The molecule has 1 heterocycles. The van der Waals surface area contributed by atoms with Crippen molar-refractivity contribution < 1.29 is 17.9 Å². The second kappa shape index (κ2) is 7.79. The molecule has 8 heteroatoms. The Morgan fingerprint density at radius 3 is 2.42 bits per heavy atom. The first-order chi connectivity index (χ1) is 10.6. The summed E-state index contributed by atoms with van der Waals surface area (Å²) >= 11 is 0. The Balaban J connectivity index is 0.00000288. The molecule has 1 aliphatic heterocycles. The normalized spacial score (nSPS) is 15.0. The molecule has 1 aliphatic rings. The van der Waals surface area contributed by atoms with Crippen LogP contribution in [0, 0.1) is 0 Å². The number of alkyl halides is 3. The van der Waals surface area contributed by atoms with Crippen LogP contribution >= 0.6 is 24.0 Å². The van der Waals surface area contributed by atoms with Gasteiger partial charge in [0, 0.05) is 20.1 Å². The molecular formula is C16H23F3IN3O. The molecule has 1 aromatic rings. The molecule has 0 saturated heterocycles. The first-order valence-corrected chi connectivity index (χ1v) is 7.45. The Hall–Kier alpha value is -1.19. The quantitative estimate of drug-likeness (QED) is 0.701. The van der Waals surface area contributed by atoms with Gasteiger partial charge in [-0.05, 0) is 38.5 Å². The number of guanidine groups is 1. The van der Waals surface area contributed by atoms with Crippen LogP contribution in [-0.2, 0) is 12.7 Å². The number of likely N-dealkylation sites (N-methyl/N-ethyl adjacent to an activating group) is 1. The smallest absolute Gasteiger partial charge is 0.416 e. The SMILES string of the molecule is CN1CCN=C1NCc1ccc(OC(C)(C)C)cc1C(F)(F)F.I. The molecule has 0 unspecified atom stereocenters. The Labute approximate surface area is 157 Å². The van der Waals surface area contributed by atoms with Crippen molar-refractivity contribution in [3.63, 3.8) is 0 Å². The Kier molecular flexibility index (Phi) is 6.77. The zero-order chi connectivity index (χ0) is 17.3. The van der Waals surface area contributed by atoms with Crippen molar-refractivity contribution in [3.05, 3.63) is 29.3 Å². The highest BCUT2D eigenvalue weighted by molar-refractivity contribution is 14.0. The van der Waals surface area contributed by atoms with Crippen LogP contribution in [0.5, 0.6) is 5.75 Å². The minimum absolute atomic E-state index is 0. The molecule has 0 bridgehead atoms. The standard InChI is InChI=1S/C16H22F3N3O.HI/c1-15(2,3)23-12-6-5-11(13(9-12)16(17,18)19)10-21-14-20-7-8-22(14)4;/h5-6,9H,7-8,10H2,1-4H3,(H,20,21);1H. The third-order valence-corrected chi connectivity index (χ3v) is 3.31. The summed E-state index contributed by atoms with van der Waals surface area (Å²) in [5.41, 5.74) is -1.07. The van der Waals surface area contributed by atoms with Crippen LogP contribution in [0.2, 0.25) is 0 Å². The first kappa shape index (κ1) is 20.9. The number of aliphatic imine (C=N–C) groups is 1. The number of hydrogen-bond acceptors (Lipinski definition) is 4. The van der Waals surface area contributed by atoms with Gasteiger partial charge < -0.3 is 15.0 Å². The van der Waals surface area contributed by atoms with E-state index in [9.17, 15) is 13.2 Å². The molecule has 0 fully saturated rings. The highest BCUT2D eigenvalue weighted by atomic mass is 127. The van der Waals surface area contributed by atoms with Gasteiger partial charge in [-0.15, -0.1) is 24.0 Å². The van der Waals surface area contributed by atoms with E-state index >= 15 is 0 Å². The lowest BCUT2D eigenvalue weighted by molar-refractivity contribution is -0.138. The van der Waals surface area contributed by atoms with E-state index in [0.717, 1.165) is 12.6 Å². The molecule has 0 radical (unpaired) electrons. The molecule has 1 N–H and O–H groups in total. The van der Waals surface area contributed by atoms with Gasteiger partial charge in [-0.3, -0.25) is 4.99 Å². The molecule has 0 aliphatic carbocycles. The highest BCUT2D eigenvalue weighted by Gasteiger charge is 2.34. The van der Waals surface area contributed by atoms with Crippen LogP contribution in [0.25, 0.3) is 0 Å². The first-order valence-electron chi connectivity index (χ1n) is 7.45. The van der Waals surface area contributed by atoms with E-state index in [4.69, 9.17) is 4.74 Å². The summed E-state index contributed by atoms with van der Waals surface area (Å²) in [7, 11) is 1.85. The van der Waals surface area contributed by atoms with Gasteiger partial charge in [-0.1, -0.05) is 6.07 Å². The summed E-state index contributed by atoms with van der Waals surface area (Å²) < 4.78 is 45.5. The van der Waals surface area contributed by atoms with Crippen molar-refractivity contribution in [2.45, 2.75) is 39.1 Å². The minimum atomic E-state index is -4.43. The monoisotopic (exact) mass is 457 g/mol. The fourth-order valence-electron chi connectivity index (χ4n) is 2.29. The molecule has 0 amide bonds. The molecule has 0 aromatic heterocycles. The van der Waals surface area contributed by atoms with Crippen molar-refractivity contribution >= 4 is 29.9 Å². The number of ether oxygens (including phenoxy) is 1. The second-order valence-electron chi connectivity index (χ2n) is 6.51. The molecule has 0 saturated carbocycles. The summed E-state index contributed by atoms with van der Waals surface area (Å²) in [6, 6.07) is 4.08. The summed E-state index contributed by atoms with van der Waals surface area (Å²) in [4.78, 5) is 6.09. The van der Waals surface area contributed by atoms with Gasteiger partial charge in [-0.25, -0.2) is 0 Å². The Bertz CT molecular complexity index is 597. The maximum atomic E-state index is 13.3. The van der Waals surface area contributed by atoms with Gasteiger partial charge in [0.05, 0.1) is 12.1 Å². The minimum Gasteiger partial charge on any atom is -0.488 e. The zero-order valence-electron chi connectivity index (χ0n) is 14.2. The zero-order valence-corrected chi connectivity index (χ0v) is 16.5. The summed E-state index contributed by atoms with van der Waals surface area (Å²) in [5, 5.41) is 2.96. The average molecular weight is 457 g/mol. The van der Waals surface area contributed by atoms with Gasteiger partial charge >= 0.3 is 6.18 Å². The van der Waals surface area contributed by atoms with Crippen molar-refractivity contribution in [1.29, 1.82) is 0 Å². The molecule has 0 atom stereocenters. The van der Waals surface area contributed by atoms with Gasteiger partial charge in [0.25, 0.3) is 0 Å². The number of nitrogens with one attached hydrogen (secondary N) is 1. The molecular weight excluding hydrogens is 434 g/mol. The van der Waals surface area contributed by atoms with Crippen molar-refractivity contribution in [2.24, 2.45) is 4.99 Å². The molecule has 4 nitrogen and oxygen atoms in total. The molecule has 2 rings (SSSR count). The van der Waals surface area contributed by atoms with E-state index in [-0.39, 0.29) is 41.8 Å². The topological polar surface area (TPSA) is 36.9 Å². The predicted molar refractivity (Wildman–Crippen MR) is 99.0 cm³/mol. The maximum absolute atomic E-state index is 13.3. The van der Waals surface area contributed by atoms with Crippen LogP contribution < -0.4 is 10.1 Å². The molecule has 0 spiro atoms. The molecule has 1 aromatic carbocycles. The number of halogens is 4. The van der Waals surface area contributed by atoms with E-state index in [1.165, 1.54) is 6.07 Å². The van der Waals surface area contributed by atoms with E-state index < -0.39 is 17.3 Å². The van der Waals surface area contributed by atoms with Crippen LogP contribution in [-0.4, -0.2) is 36.6 Å². The number of benzene rings is 1. The highest BCUT2D eigenvalue weighted by Crippen LogP contribution is 2.35. The van der Waals surface area contributed by atoms with E-state index in [1.807, 2.05) is 11.9 Å². The third-order valence-electron chi connectivity index (χ3n) is 3.31. The fraction of sp³-hybridized carbons (Fsp3) is 0.562. The molecule has 24 heavy (non-hydrogen) atoms. The van der Waals surface area contributed by atoms with Crippen molar-refractivity contribution in [2.75, 3.05) is 20.1 Å².